The third kappa shape index (κ3) is 7.29. The summed E-state index contributed by atoms with van der Waals surface area (Å²) in [5.74, 6) is 4.28. The highest BCUT2D eigenvalue weighted by Crippen LogP contribution is 2.20. The molecule has 0 aliphatic carbocycles. The van der Waals surface area contributed by atoms with Gasteiger partial charge in [0.2, 0.25) is 0 Å². The van der Waals surface area contributed by atoms with Crippen LogP contribution in [0.3, 0.4) is 0 Å². The van der Waals surface area contributed by atoms with Gasteiger partial charge in [-0.25, -0.2) is 4.98 Å². The normalized spacial score (nSPS) is 11.8. The highest BCUT2D eigenvalue weighted by molar-refractivity contribution is 14.0. The van der Waals surface area contributed by atoms with Crippen LogP contribution in [0.5, 0.6) is 17.2 Å². The van der Waals surface area contributed by atoms with Gasteiger partial charge in [0.25, 0.3) is 0 Å². The number of halogens is 1. The molecule has 0 amide bonds. The summed E-state index contributed by atoms with van der Waals surface area (Å²) in [5.41, 5.74) is 0.911. The lowest BCUT2D eigenvalue weighted by Gasteiger charge is -2.17. The predicted octanol–water partition coefficient (Wildman–Crippen LogP) is 3.24. The number of H-pyrrole nitrogens is 1. The molecule has 3 N–H and O–H groups in total. The first-order valence-corrected chi connectivity index (χ1v) is 9.92. The molecule has 32 heavy (non-hydrogen) atoms. The molecule has 1 atom stereocenters. The molecule has 0 radical (unpaired) electrons. The van der Waals surface area contributed by atoms with Crippen LogP contribution in [0.4, 0.5) is 0 Å². The van der Waals surface area contributed by atoms with Crippen LogP contribution in [0.2, 0.25) is 0 Å². The molecule has 1 aromatic heterocycles. The fourth-order valence-corrected chi connectivity index (χ4v) is 2.82. The highest BCUT2D eigenvalue weighted by Gasteiger charge is 2.09. The van der Waals surface area contributed by atoms with Gasteiger partial charge in [-0.3, -0.25) is 10.1 Å². The molecule has 9 nitrogen and oxygen atoms in total. The Kier molecular flexibility index (Phi) is 10.1. The van der Waals surface area contributed by atoms with Crippen molar-refractivity contribution in [2.45, 2.75) is 19.6 Å². The molecule has 1 unspecified atom stereocenters. The van der Waals surface area contributed by atoms with Crippen LogP contribution in [-0.4, -0.2) is 55.1 Å². The van der Waals surface area contributed by atoms with E-state index in [0.29, 0.717) is 30.7 Å². The Morgan fingerprint density at radius 1 is 1.03 bits per heavy atom. The summed E-state index contributed by atoms with van der Waals surface area (Å²) < 4.78 is 16.3. The van der Waals surface area contributed by atoms with Crippen molar-refractivity contribution in [3.63, 3.8) is 0 Å². The Labute approximate surface area is 205 Å². The lowest BCUT2D eigenvalue weighted by Crippen LogP contribution is -2.41. The molecule has 3 aromatic rings. The number of methoxy groups -OCH3 is 2. The van der Waals surface area contributed by atoms with Crippen molar-refractivity contribution in [1.29, 1.82) is 0 Å². The molecule has 0 fully saturated rings. The van der Waals surface area contributed by atoms with Crippen molar-refractivity contribution in [2.75, 3.05) is 27.8 Å². The zero-order valence-corrected chi connectivity index (χ0v) is 20.9. The molecule has 0 aliphatic heterocycles. The number of aliphatic imine (C=N–C) groups is 1. The summed E-state index contributed by atoms with van der Waals surface area (Å²) >= 11 is 0. The van der Waals surface area contributed by atoms with Crippen LogP contribution in [-0.2, 0) is 6.54 Å². The first-order chi connectivity index (χ1) is 15.1. The highest BCUT2D eigenvalue weighted by atomic mass is 127. The molecule has 1 heterocycles. The summed E-state index contributed by atoms with van der Waals surface area (Å²) in [6, 6.07) is 15.1. The van der Waals surface area contributed by atoms with Gasteiger partial charge >= 0.3 is 0 Å². The molecule has 0 bridgehead atoms. The minimum Gasteiger partial charge on any atom is -0.497 e. The second-order valence-electron chi connectivity index (χ2n) is 6.75. The maximum absolute atomic E-state index is 5.92. The number of aromatic nitrogens is 3. The van der Waals surface area contributed by atoms with Gasteiger partial charge in [0.05, 0.1) is 27.3 Å². The van der Waals surface area contributed by atoms with Gasteiger partial charge in [0, 0.05) is 18.7 Å². The van der Waals surface area contributed by atoms with Gasteiger partial charge in [0.1, 0.15) is 29.2 Å². The van der Waals surface area contributed by atoms with Gasteiger partial charge < -0.3 is 24.8 Å². The third-order valence-electron chi connectivity index (χ3n) is 4.46. The van der Waals surface area contributed by atoms with Crippen LogP contribution in [0.25, 0.3) is 11.4 Å². The molecule has 2 aromatic carbocycles. The van der Waals surface area contributed by atoms with Gasteiger partial charge in [-0.05, 0) is 43.3 Å². The SMILES string of the molecule is CN=C(NCc1nc(-c2ccc(OC)cc2)n[nH]1)NCC(C)Oc1cccc(OC)c1.I. The lowest BCUT2D eigenvalue weighted by atomic mass is 10.2. The third-order valence-corrected chi connectivity index (χ3v) is 4.46. The number of nitrogens with zero attached hydrogens (tertiary/aromatic N) is 3. The van der Waals surface area contributed by atoms with Gasteiger partial charge in [-0.15, -0.1) is 24.0 Å². The molecule has 0 aliphatic rings. The number of nitrogens with one attached hydrogen (secondary N) is 3. The van der Waals surface area contributed by atoms with E-state index in [9.17, 15) is 0 Å². The van der Waals surface area contributed by atoms with E-state index in [-0.39, 0.29) is 30.1 Å². The van der Waals surface area contributed by atoms with Crippen LogP contribution >= 0.6 is 24.0 Å². The maximum atomic E-state index is 5.92. The monoisotopic (exact) mass is 552 g/mol. The fourth-order valence-electron chi connectivity index (χ4n) is 2.82. The van der Waals surface area contributed by atoms with Crippen molar-refractivity contribution >= 4 is 29.9 Å². The van der Waals surface area contributed by atoms with Crippen molar-refractivity contribution in [1.82, 2.24) is 25.8 Å². The topological polar surface area (TPSA) is 106 Å². The number of ether oxygens (including phenoxy) is 3. The average Bonchev–Trinajstić information content (AvgIpc) is 3.28. The minimum atomic E-state index is -0.0717. The lowest BCUT2D eigenvalue weighted by molar-refractivity contribution is 0.223. The summed E-state index contributed by atoms with van der Waals surface area (Å²) in [6.07, 6.45) is -0.0717. The summed E-state index contributed by atoms with van der Waals surface area (Å²) in [5, 5.41) is 13.7. The molecule has 3 rings (SSSR count). The van der Waals surface area contributed by atoms with Gasteiger partial charge in [-0.1, -0.05) is 6.07 Å². The first-order valence-electron chi connectivity index (χ1n) is 9.92. The largest absolute Gasteiger partial charge is 0.497 e. The van der Waals surface area contributed by atoms with Crippen molar-refractivity contribution in [3.8, 4) is 28.6 Å². The number of hydrogen-bond acceptors (Lipinski definition) is 6. The van der Waals surface area contributed by atoms with E-state index >= 15 is 0 Å². The Morgan fingerprint density at radius 2 is 1.75 bits per heavy atom. The predicted molar refractivity (Wildman–Crippen MR) is 135 cm³/mol. The van der Waals surface area contributed by atoms with E-state index in [0.717, 1.165) is 22.8 Å². The van der Waals surface area contributed by atoms with Crippen LogP contribution in [0.15, 0.2) is 53.5 Å². The van der Waals surface area contributed by atoms with Crippen molar-refractivity contribution in [3.05, 3.63) is 54.4 Å². The van der Waals surface area contributed by atoms with E-state index < -0.39 is 0 Å². The first kappa shape index (κ1) is 25.2. The van der Waals surface area contributed by atoms with E-state index in [1.807, 2.05) is 55.5 Å². The Balaban J connectivity index is 0.00000363. The summed E-state index contributed by atoms with van der Waals surface area (Å²) in [6.45, 7) is 3.01. The van der Waals surface area contributed by atoms with Crippen LogP contribution in [0, 0.1) is 0 Å². The quantitative estimate of drug-likeness (QED) is 0.213. The molecule has 10 heteroatoms. The Morgan fingerprint density at radius 3 is 2.44 bits per heavy atom. The minimum absolute atomic E-state index is 0. The van der Waals surface area contributed by atoms with Gasteiger partial charge in [0.15, 0.2) is 11.8 Å². The zero-order chi connectivity index (χ0) is 22.1. The molecular formula is C22H29IN6O3. The Bertz CT molecular complexity index is 993. The standard InChI is InChI=1S/C22H28N6O3.HI/c1-15(31-19-7-5-6-18(12-19)30-4)13-24-22(23-2)25-14-20-26-21(28-27-20)16-8-10-17(29-3)11-9-16;/h5-12,15H,13-14H2,1-4H3,(H2,23,24,25)(H,26,27,28);1H. The molecule has 0 spiro atoms. The molecular weight excluding hydrogens is 523 g/mol. The Hall–Kier alpha value is -3.02. The van der Waals surface area contributed by atoms with E-state index in [2.05, 4.69) is 30.8 Å². The number of rotatable bonds is 9. The second-order valence-corrected chi connectivity index (χ2v) is 6.75. The maximum Gasteiger partial charge on any atom is 0.191 e. The zero-order valence-electron chi connectivity index (χ0n) is 18.6. The second kappa shape index (κ2) is 12.7. The average molecular weight is 552 g/mol. The van der Waals surface area contributed by atoms with Gasteiger partial charge in [-0.2, -0.15) is 5.10 Å². The van der Waals surface area contributed by atoms with E-state index in [4.69, 9.17) is 14.2 Å². The summed E-state index contributed by atoms with van der Waals surface area (Å²) in [4.78, 5) is 8.76. The fraction of sp³-hybridized carbons (Fsp3) is 0.318. The van der Waals surface area contributed by atoms with Crippen LogP contribution in [0.1, 0.15) is 12.7 Å². The van der Waals surface area contributed by atoms with E-state index in [1.165, 1.54) is 0 Å². The summed E-state index contributed by atoms with van der Waals surface area (Å²) in [7, 11) is 4.98. The molecule has 0 saturated carbocycles. The van der Waals surface area contributed by atoms with E-state index in [1.54, 1.807) is 21.3 Å². The number of aromatic amines is 1. The molecule has 0 saturated heterocycles. The smallest absolute Gasteiger partial charge is 0.191 e. The number of guanidine groups is 1. The van der Waals surface area contributed by atoms with Crippen LogP contribution < -0.4 is 24.8 Å². The number of benzene rings is 2. The molecule has 172 valence electrons. The van der Waals surface area contributed by atoms with Crippen molar-refractivity contribution in [2.24, 2.45) is 4.99 Å². The van der Waals surface area contributed by atoms with Crippen molar-refractivity contribution < 1.29 is 14.2 Å². The number of hydrogen-bond donors (Lipinski definition) is 3.